The Labute approximate surface area is 177 Å². The molecule has 0 saturated heterocycles. The maximum absolute atomic E-state index is 9.47. The fourth-order valence-corrected chi connectivity index (χ4v) is 4.17. The summed E-state index contributed by atoms with van der Waals surface area (Å²) in [5.74, 6) is 1.88. The molecule has 0 amide bonds. The van der Waals surface area contributed by atoms with Gasteiger partial charge >= 0.3 is 0 Å². The van der Waals surface area contributed by atoms with E-state index in [0.29, 0.717) is 28.4 Å². The summed E-state index contributed by atoms with van der Waals surface area (Å²) in [5.41, 5.74) is 3.94. The van der Waals surface area contributed by atoms with E-state index in [9.17, 15) is 5.11 Å². The number of nitrogens with zero attached hydrogens (tertiary/aromatic N) is 6. The van der Waals surface area contributed by atoms with Gasteiger partial charge in [0.15, 0.2) is 0 Å². The van der Waals surface area contributed by atoms with Crippen molar-refractivity contribution in [1.82, 2.24) is 29.8 Å². The average Bonchev–Trinajstić information content (AvgIpc) is 3.31. The van der Waals surface area contributed by atoms with E-state index >= 15 is 0 Å². The number of aliphatic hydroxyl groups excluding tert-OH is 1. The zero-order valence-electron chi connectivity index (χ0n) is 16.2. The molecular formula is C20H21ClN6OS. The second-order valence-electron chi connectivity index (χ2n) is 6.94. The molecule has 0 radical (unpaired) electrons. The number of hydrogen-bond acceptors (Lipinski definition) is 6. The van der Waals surface area contributed by atoms with Crippen LogP contribution >= 0.6 is 23.4 Å². The Bertz CT molecular complexity index is 1120. The van der Waals surface area contributed by atoms with E-state index in [1.54, 1.807) is 4.68 Å². The summed E-state index contributed by atoms with van der Waals surface area (Å²) in [7, 11) is 0. The molecule has 0 aliphatic rings. The van der Waals surface area contributed by atoms with Crippen LogP contribution in [0.25, 0.3) is 16.7 Å². The van der Waals surface area contributed by atoms with Gasteiger partial charge in [0.25, 0.3) is 0 Å². The summed E-state index contributed by atoms with van der Waals surface area (Å²) in [6.45, 7) is 4.81. The highest BCUT2D eigenvalue weighted by Gasteiger charge is 2.15. The minimum absolute atomic E-state index is 0.0234. The van der Waals surface area contributed by atoms with Crippen molar-refractivity contribution in [3.05, 3.63) is 58.9 Å². The molecule has 4 aromatic rings. The molecule has 0 saturated carbocycles. The van der Waals surface area contributed by atoms with Gasteiger partial charge in [-0.15, -0.1) is 5.10 Å². The summed E-state index contributed by atoms with van der Waals surface area (Å²) >= 11 is 7.64. The van der Waals surface area contributed by atoms with Gasteiger partial charge in [-0.05, 0) is 52.2 Å². The van der Waals surface area contributed by atoms with Crippen LogP contribution in [-0.2, 0) is 12.3 Å². The third kappa shape index (κ3) is 4.14. The van der Waals surface area contributed by atoms with Crippen molar-refractivity contribution >= 4 is 34.4 Å². The number of fused-ring (bicyclic) bond motifs is 1. The first-order chi connectivity index (χ1) is 14.1. The van der Waals surface area contributed by atoms with Crippen LogP contribution in [0.2, 0.25) is 5.02 Å². The standard InChI is InChI=1S/C20H21ClN6OS/c1-13(2)14-3-6-16(7-4-14)27-20(23-24-25-27)29-12-19-22-17-8-5-15(21)11-18(17)26(19)9-10-28/h3-8,11,13,28H,9-10,12H2,1-2H3. The maximum atomic E-state index is 9.47. The first kappa shape index (κ1) is 19.9. The summed E-state index contributed by atoms with van der Waals surface area (Å²) < 4.78 is 3.71. The lowest BCUT2D eigenvalue weighted by Gasteiger charge is -2.09. The monoisotopic (exact) mass is 428 g/mol. The third-order valence-electron chi connectivity index (χ3n) is 4.69. The number of imidazole rings is 1. The third-order valence-corrected chi connectivity index (χ3v) is 5.84. The highest BCUT2D eigenvalue weighted by Crippen LogP contribution is 2.27. The number of halogens is 1. The predicted octanol–water partition coefficient (Wildman–Crippen LogP) is 4.07. The summed E-state index contributed by atoms with van der Waals surface area (Å²) in [5, 5.41) is 22.9. The van der Waals surface area contributed by atoms with E-state index in [0.717, 1.165) is 22.5 Å². The molecule has 2 aromatic heterocycles. The summed E-state index contributed by atoms with van der Waals surface area (Å²) in [6, 6.07) is 13.8. The van der Waals surface area contributed by atoms with Crippen molar-refractivity contribution < 1.29 is 5.11 Å². The minimum Gasteiger partial charge on any atom is -0.395 e. The van der Waals surface area contributed by atoms with E-state index in [-0.39, 0.29) is 6.61 Å². The van der Waals surface area contributed by atoms with Gasteiger partial charge in [-0.1, -0.05) is 49.3 Å². The molecule has 0 atom stereocenters. The average molecular weight is 429 g/mol. The Kier molecular flexibility index (Phi) is 5.84. The van der Waals surface area contributed by atoms with Crippen LogP contribution in [0.15, 0.2) is 47.6 Å². The van der Waals surface area contributed by atoms with Gasteiger partial charge in [0.2, 0.25) is 5.16 Å². The van der Waals surface area contributed by atoms with Gasteiger partial charge in [-0.2, -0.15) is 4.68 Å². The molecule has 2 aromatic carbocycles. The van der Waals surface area contributed by atoms with Crippen LogP contribution in [0.3, 0.4) is 0 Å². The number of rotatable bonds is 7. The number of hydrogen-bond donors (Lipinski definition) is 1. The molecule has 2 heterocycles. The van der Waals surface area contributed by atoms with Crippen molar-refractivity contribution in [2.24, 2.45) is 0 Å². The van der Waals surface area contributed by atoms with Crippen molar-refractivity contribution in [2.45, 2.75) is 37.2 Å². The number of thioether (sulfide) groups is 1. The molecule has 0 spiro atoms. The molecule has 0 fully saturated rings. The Morgan fingerprint density at radius 3 is 2.66 bits per heavy atom. The predicted molar refractivity (Wildman–Crippen MR) is 115 cm³/mol. The zero-order valence-corrected chi connectivity index (χ0v) is 17.7. The van der Waals surface area contributed by atoms with E-state index in [2.05, 4.69) is 41.5 Å². The van der Waals surface area contributed by atoms with Gasteiger partial charge in [0, 0.05) is 11.6 Å². The smallest absolute Gasteiger partial charge is 0.214 e. The zero-order chi connectivity index (χ0) is 20.4. The molecule has 0 aliphatic heterocycles. The lowest BCUT2D eigenvalue weighted by atomic mass is 10.0. The van der Waals surface area contributed by atoms with Gasteiger partial charge in [0.05, 0.1) is 29.1 Å². The summed E-state index contributed by atoms with van der Waals surface area (Å²) in [4.78, 5) is 4.70. The molecule has 0 aliphatic carbocycles. The lowest BCUT2D eigenvalue weighted by molar-refractivity contribution is 0.276. The maximum Gasteiger partial charge on any atom is 0.214 e. The molecule has 150 valence electrons. The van der Waals surface area contributed by atoms with Crippen LogP contribution in [0.1, 0.15) is 31.2 Å². The SMILES string of the molecule is CC(C)c1ccc(-n2nnnc2SCc2nc3ccc(Cl)cc3n2CCO)cc1. The first-order valence-corrected chi connectivity index (χ1v) is 10.7. The van der Waals surface area contributed by atoms with Crippen LogP contribution in [-0.4, -0.2) is 41.5 Å². The molecule has 7 nitrogen and oxygen atoms in total. The van der Waals surface area contributed by atoms with Crippen LogP contribution in [0.5, 0.6) is 0 Å². The topological polar surface area (TPSA) is 81.7 Å². The fourth-order valence-electron chi connectivity index (χ4n) is 3.17. The van der Waals surface area contributed by atoms with Crippen molar-refractivity contribution in [2.75, 3.05) is 6.61 Å². The quantitative estimate of drug-likeness (QED) is 0.447. The number of benzene rings is 2. The molecule has 1 N–H and O–H groups in total. The van der Waals surface area contributed by atoms with Crippen LogP contribution < -0.4 is 0 Å². The summed E-state index contributed by atoms with van der Waals surface area (Å²) in [6.07, 6.45) is 0. The Morgan fingerprint density at radius 2 is 1.93 bits per heavy atom. The molecule has 0 unspecified atom stereocenters. The van der Waals surface area contributed by atoms with Crippen molar-refractivity contribution in [1.29, 1.82) is 0 Å². The Morgan fingerprint density at radius 1 is 1.14 bits per heavy atom. The largest absolute Gasteiger partial charge is 0.395 e. The molecule has 4 rings (SSSR count). The van der Waals surface area contributed by atoms with E-state index < -0.39 is 0 Å². The van der Waals surface area contributed by atoms with Crippen LogP contribution in [0.4, 0.5) is 0 Å². The lowest BCUT2D eigenvalue weighted by Crippen LogP contribution is -2.06. The van der Waals surface area contributed by atoms with Gasteiger partial charge < -0.3 is 9.67 Å². The normalized spacial score (nSPS) is 11.6. The highest BCUT2D eigenvalue weighted by molar-refractivity contribution is 7.98. The van der Waals surface area contributed by atoms with Gasteiger partial charge in [-0.25, -0.2) is 4.98 Å². The first-order valence-electron chi connectivity index (χ1n) is 9.34. The molecule has 29 heavy (non-hydrogen) atoms. The number of aliphatic hydroxyl groups is 1. The number of tetrazole rings is 1. The Hall–Kier alpha value is -2.42. The second kappa shape index (κ2) is 8.52. The van der Waals surface area contributed by atoms with E-state index in [4.69, 9.17) is 16.6 Å². The minimum atomic E-state index is 0.0234. The molecule has 0 bridgehead atoms. The van der Waals surface area contributed by atoms with E-state index in [1.165, 1.54) is 17.3 Å². The van der Waals surface area contributed by atoms with Crippen molar-refractivity contribution in [3.63, 3.8) is 0 Å². The molecule has 9 heteroatoms. The highest BCUT2D eigenvalue weighted by atomic mass is 35.5. The number of aromatic nitrogens is 6. The van der Waals surface area contributed by atoms with Gasteiger partial charge in [-0.3, -0.25) is 0 Å². The fraction of sp³-hybridized carbons (Fsp3) is 0.300. The van der Waals surface area contributed by atoms with E-state index in [1.807, 2.05) is 34.9 Å². The Balaban J connectivity index is 1.59. The van der Waals surface area contributed by atoms with Crippen molar-refractivity contribution in [3.8, 4) is 5.69 Å². The van der Waals surface area contributed by atoms with Gasteiger partial charge in [0.1, 0.15) is 5.82 Å². The van der Waals surface area contributed by atoms with Crippen LogP contribution in [0, 0.1) is 0 Å². The molecular weight excluding hydrogens is 408 g/mol. The second-order valence-corrected chi connectivity index (χ2v) is 8.32.